The third kappa shape index (κ3) is 7.36. The van der Waals surface area contributed by atoms with Crippen LogP contribution >= 0.6 is 0 Å². The minimum Gasteiger partial charge on any atom is -0.496 e. The Kier molecular flexibility index (Phi) is 10.2. The van der Waals surface area contributed by atoms with Crippen molar-refractivity contribution in [3.8, 4) is 5.75 Å². The van der Waals surface area contributed by atoms with Gasteiger partial charge < -0.3 is 19.5 Å². The van der Waals surface area contributed by atoms with Crippen LogP contribution < -0.4 is 20.3 Å². The number of benzene rings is 1. The summed E-state index contributed by atoms with van der Waals surface area (Å²) in [6.45, 7) is 3.95. The van der Waals surface area contributed by atoms with E-state index in [1.807, 2.05) is 6.20 Å². The molecule has 1 saturated carbocycles. The number of nitrogens with one attached hydrogen (secondary N) is 3. The van der Waals surface area contributed by atoms with Gasteiger partial charge >= 0.3 is 6.03 Å². The SMILES string of the molecule is COc1cc2[nH]ncc2cc1C(=O)Nc1cnc2cccnn12.O=C1CCN(c2cncc3c2ccn3C2CCN(CCC3CCCCC3)CC2)C(=O)N1. The highest BCUT2D eigenvalue weighted by Crippen LogP contribution is 2.34. The zero-order valence-electron chi connectivity index (χ0n) is 30.4. The minimum atomic E-state index is -0.357. The number of aromatic amines is 1. The molecule has 6 aromatic rings. The predicted molar refractivity (Wildman–Crippen MR) is 205 cm³/mol. The highest BCUT2D eigenvalue weighted by atomic mass is 16.5. The van der Waals surface area contributed by atoms with Crippen molar-refractivity contribution in [2.24, 2.45) is 5.92 Å². The van der Waals surface area contributed by atoms with Gasteiger partial charge in [-0.2, -0.15) is 14.7 Å². The maximum absolute atomic E-state index is 12.6. The van der Waals surface area contributed by atoms with Gasteiger partial charge in [-0.1, -0.05) is 32.1 Å². The van der Waals surface area contributed by atoms with Gasteiger partial charge in [0.05, 0.1) is 54.2 Å². The average Bonchev–Trinajstić information content (AvgIpc) is 3.96. The number of aromatic nitrogens is 7. The van der Waals surface area contributed by atoms with E-state index in [4.69, 9.17) is 4.74 Å². The summed E-state index contributed by atoms with van der Waals surface area (Å²) in [6.07, 6.45) is 21.8. The first kappa shape index (κ1) is 35.2. The van der Waals surface area contributed by atoms with Gasteiger partial charge in [-0.05, 0) is 56.0 Å². The monoisotopic (exact) mass is 731 g/mol. The van der Waals surface area contributed by atoms with E-state index in [0.717, 1.165) is 59.3 Å². The van der Waals surface area contributed by atoms with Gasteiger partial charge in [-0.15, -0.1) is 0 Å². The summed E-state index contributed by atoms with van der Waals surface area (Å²) >= 11 is 0. The van der Waals surface area contributed by atoms with E-state index in [1.165, 1.54) is 52.2 Å². The molecule has 3 N–H and O–H groups in total. The first-order chi connectivity index (χ1) is 26.4. The van der Waals surface area contributed by atoms with Crippen molar-refractivity contribution in [1.29, 1.82) is 0 Å². The van der Waals surface area contributed by atoms with E-state index >= 15 is 0 Å². The number of urea groups is 1. The van der Waals surface area contributed by atoms with Gasteiger partial charge in [0, 0.05) is 61.3 Å². The van der Waals surface area contributed by atoms with E-state index in [9.17, 15) is 14.4 Å². The van der Waals surface area contributed by atoms with E-state index in [1.54, 1.807) is 58.5 Å². The summed E-state index contributed by atoms with van der Waals surface area (Å²) in [5, 5.41) is 18.0. The van der Waals surface area contributed by atoms with Crippen molar-refractivity contribution in [2.45, 2.75) is 63.8 Å². The fourth-order valence-electron chi connectivity index (χ4n) is 8.07. The Morgan fingerprint density at radius 1 is 1.00 bits per heavy atom. The maximum Gasteiger partial charge on any atom is 0.328 e. The predicted octanol–water partition coefficient (Wildman–Crippen LogP) is 5.96. The van der Waals surface area contributed by atoms with E-state index in [-0.39, 0.29) is 17.8 Å². The molecular formula is C39H45N11O4. The number of nitrogens with zero attached hydrogens (tertiary/aromatic N) is 8. The number of H-pyrrole nitrogens is 1. The van der Waals surface area contributed by atoms with Crippen molar-refractivity contribution in [3.05, 3.63) is 73.1 Å². The Hall–Kier alpha value is -5.83. The number of methoxy groups -OCH3 is 1. The second-order valence-corrected chi connectivity index (χ2v) is 14.3. The van der Waals surface area contributed by atoms with E-state index < -0.39 is 0 Å². The number of carbonyl (C=O) groups is 3. The van der Waals surface area contributed by atoms with Crippen LogP contribution in [0, 0.1) is 5.92 Å². The van der Waals surface area contributed by atoms with Crippen LogP contribution in [0.5, 0.6) is 5.75 Å². The Bertz CT molecular complexity index is 2280. The number of ether oxygens (including phenoxy) is 1. The first-order valence-corrected chi connectivity index (χ1v) is 18.8. The lowest BCUT2D eigenvalue weighted by Crippen LogP contribution is -2.49. The smallest absolute Gasteiger partial charge is 0.328 e. The number of likely N-dealkylation sites (tertiary alicyclic amines) is 1. The van der Waals surface area contributed by atoms with Crippen LogP contribution in [0.1, 0.15) is 74.2 Å². The van der Waals surface area contributed by atoms with Crippen LogP contribution in [0.3, 0.4) is 0 Å². The molecule has 0 atom stereocenters. The molecule has 5 aromatic heterocycles. The van der Waals surface area contributed by atoms with Crippen molar-refractivity contribution in [3.63, 3.8) is 0 Å². The van der Waals surface area contributed by atoms with Crippen molar-refractivity contribution >= 4 is 56.8 Å². The molecule has 3 fully saturated rings. The number of piperidine rings is 1. The number of imidazole rings is 1. The third-order valence-electron chi connectivity index (χ3n) is 11.0. The zero-order chi connectivity index (χ0) is 37.0. The lowest BCUT2D eigenvalue weighted by Gasteiger charge is -2.34. The molecule has 3 aliphatic rings. The van der Waals surface area contributed by atoms with Gasteiger partial charge in [0.25, 0.3) is 5.91 Å². The molecule has 2 saturated heterocycles. The van der Waals surface area contributed by atoms with Crippen LogP contribution in [-0.4, -0.2) is 90.4 Å². The molecule has 2 aliphatic heterocycles. The fraction of sp³-hybridized carbons (Fsp3) is 0.410. The summed E-state index contributed by atoms with van der Waals surface area (Å²) in [4.78, 5) is 49.3. The molecule has 9 rings (SSSR count). The van der Waals surface area contributed by atoms with Crippen LogP contribution in [0.25, 0.3) is 27.5 Å². The maximum atomic E-state index is 12.6. The normalized spacial score (nSPS) is 17.5. The van der Waals surface area contributed by atoms with Gasteiger partial charge in [0.2, 0.25) is 5.91 Å². The fourth-order valence-corrected chi connectivity index (χ4v) is 8.07. The van der Waals surface area contributed by atoms with E-state index in [0.29, 0.717) is 41.8 Å². The van der Waals surface area contributed by atoms with E-state index in [2.05, 4.69) is 57.6 Å². The van der Waals surface area contributed by atoms with Gasteiger partial charge in [-0.25, -0.2) is 9.78 Å². The minimum absolute atomic E-state index is 0.214. The standard InChI is InChI=1S/C24H33N5O2.C15H12N6O2/c30-23-10-15-29(24(31)26-23)22-17-25-16-21-20(22)9-14-28(21)19-7-12-27(13-8-19)11-6-18-4-2-1-3-5-18;1-23-12-6-11-9(7-17-20-11)5-10(12)15(22)19-14-8-16-13-3-2-4-18-21(13)14/h9,14,16-19H,1-8,10-13,15H2,(H,26,30,31);2-8H,1H3,(H,17,20)(H,19,22). The lowest BCUT2D eigenvalue weighted by molar-refractivity contribution is -0.120. The second-order valence-electron chi connectivity index (χ2n) is 14.3. The molecule has 1 aliphatic carbocycles. The number of imide groups is 1. The summed E-state index contributed by atoms with van der Waals surface area (Å²) in [5.74, 6) is 1.37. The highest BCUT2D eigenvalue weighted by Gasteiger charge is 2.28. The van der Waals surface area contributed by atoms with Crippen LogP contribution in [0.4, 0.5) is 16.3 Å². The molecule has 1 aromatic carbocycles. The first-order valence-electron chi connectivity index (χ1n) is 18.8. The van der Waals surface area contributed by atoms with Crippen LogP contribution in [-0.2, 0) is 4.79 Å². The summed E-state index contributed by atoms with van der Waals surface area (Å²) in [6, 6.07) is 9.26. The number of amides is 4. The number of anilines is 2. The average molecular weight is 732 g/mol. The Morgan fingerprint density at radius 2 is 1.85 bits per heavy atom. The Balaban J connectivity index is 0.000000160. The van der Waals surface area contributed by atoms with Gasteiger partial charge in [-0.3, -0.25) is 29.9 Å². The third-order valence-corrected chi connectivity index (χ3v) is 11.0. The van der Waals surface area contributed by atoms with Crippen molar-refractivity contribution < 1.29 is 19.1 Å². The molecular weight excluding hydrogens is 687 g/mol. The topological polar surface area (TPSA) is 168 Å². The summed E-state index contributed by atoms with van der Waals surface area (Å²) < 4.78 is 9.20. The van der Waals surface area contributed by atoms with Crippen LogP contribution in [0.2, 0.25) is 0 Å². The molecule has 0 bridgehead atoms. The quantitative estimate of drug-likeness (QED) is 0.171. The van der Waals surface area contributed by atoms with Crippen molar-refractivity contribution in [2.75, 3.05) is 43.5 Å². The number of hydrogen-bond acceptors (Lipinski definition) is 9. The number of hydrogen-bond donors (Lipinski definition) is 3. The number of carbonyl (C=O) groups excluding carboxylic acids is 3. The molecule has 280 valence electrons. The second kappa shape index (κ2) is 15.6. The Labute approximate surface area is 312 Å². The molecule has 0 radical (unpaired) electrons. The molecule has 0 spiro atoms. The molecule has 0 unspecified atom stereocenters. The largest absolute Gasteiger partial charge is 0.496 e. The van der Waals surface area contributed by atoms with Gasteiger partial charge in [0.15, 0.2) is 11.5 Å². The Morgan fingerprint density at radius 3 is 2.67 bits per heavy atom. The zero-order valence-corrected chi connectivity index (χ0v) is 30.4. The molecule has 7 heterocycles. The van der Waals surface area contributed by atoms with Crippen molar-refractivity contribution in [1.82, 2.24) is 44.6 Å². The number of fused-ring (bicyclic) bond motifs is 3. The highest BCUT2D eigenvalue weighted by molar-refractivity contribution is 6.10. The molecule has 15 heteroatoms. The lowest BCUT2D eigenvalue weighted by atomic mass is 9.87. The summed E-state index contributed by atoms with van der Waals surface area (Å²) in [5.41, 5.74) is 3.72. The van der Waals surface area contributed by atoms with Gasteiger partial charge in [0.1, 0.15) is 5.75 Å². The molecule has 4 amide bonds. The molecule has 15 nitrogen and oxygen atoms in total. The summed E-state index contributed by atoms with van der Waals surface area (Å²) in [7, 11) is 1.52. The molecule has 54 heavy (non-hydrogen) atoms. The number of rotatable bonds is 8. The van der Waals surface area contributed by atoms with Crippen LogP contribution in [0.15, 0.2) is 67.5 Å². The number of pyridine rings is 1.